The Balaban J connectivity index is 1.69. The van der Waals surface area contributed by atoms with E-state index in [4.69, 9.17) is 10.5 Å². The molecule has 1 aromatic carbocycles. The van der Waals surface area contributed by atoms with Crippen molar-refractivity contribution in [1.29, 1.82) is 0 Å². The monoisotopic (exact) mass is 318 g/mol. The number of hydrogen-bond donors (Lipinski definition) is 1. The second-order valence-electron chi connectivity index (χ2n) is 6.10. The van der Waals surface area contributed by atoms with Crippen molar-refractivity contribution in [3.8, 4) is 5.75 Å². The number of hydrogen-bond acceptors (Lipinski definition) is 4. The molecule has 2 N–H and O–H groups in total. The maximum absolute atomic E-state index is 12.1. The highest BCUT2D eigenvalue weighted by atomic mass is 16.5. The van der Waals surface area contributed by atoms with Crippen molar-refractivity contribution < 1.29 is 9.53 Å². The number of piperazine rings is 1. The van der Waals surface area contributed by atoms with Gasteiger partial charge in [0.2, 0.25) is 5.91 Å². The summed E-state index contributed by atoms with van der Waals surface area (Å²) in [6.07, 6.45) is 1.67. The summed E-state index contributed by atoms with van der Waals surface area (Å²) in [5, 5.41) is 0. The van der Waals surface area contributed by atoms with Gasteiger partial charge in [0, 0.05) is 32.2 Å². The molecule has 0 bridgehead atoms. The van der Waals surface area contributed by atoms with Crippen LogP contribution in [0.15, 0.2) is 24.3 Å². The smallest absolute Gasteiger partial charge is 0.239 e. The molecule has 1 fully saturated rings. The first-order chi connectivity index (χ1) is 11.1. The average Bonchev–Trinajstić information content (AvgIpc) is 2.61. The van der Waals surface area contributed by atoms with Gasteiger partial charge in [0.05, 0.1) is 12.6 Å². The Morgan fingerprint density at radius 1 is 1.30 bits per heavy atom. The Hall–Kier alpha value is -1.59. The Morgan fingerprint density at radius 2 is 1.96 bits per heavy atom. The van der Waals surface area contributed by atoms with Crippen molar-refractivity contribution >= 4 is 5.91 Å². The molecular formula is C18H28N3O2. The molecular weight excluding hydrogens is 290 g/mol. The Bertz CT molecular complexity index is 472. The van der Waals surface area contributed by atoms with Gasteiger partial charge >= 0.3 is 0 Å². The number of amides is 1. The van der Waals surface area contributed by atoms with Gasteiger partial charge in [0.1, 0.15) is 5.75 Å². The highest BCUT2D eigenvalue weighted by molar-refractivity contribution is 5.81. The fraction of sp³-hybridized carbons (Fsp3) is 0.611. The molecule has 2 atom stereocenters. The topological polar surface area (TPSA) is 58.8 Å². The minimum atomic E-state index is -0.351. The quantitative estimate of drug-likeness (QED) is 0.828. The SMILES string of the molecule is CC[C@@H](N)C(=O)N1CCN([C@H](C)CCOc2cc[c]cc2)CC1. The first-order valence-corrected chi connectivity index (χ1v) is 8.49. The molecule has 0 spiro atoms. The van der Waals surface area contributed by atoms with Crippen LogP contribution in [0, 0.1) is 6.07 Å². The number of carbonyl (C=O) groups excluding carboxylic acids is 1. The summed E-state index contributed by atoms with van der Waals surface area (Å²) in [5.41, 5.74) is 5.84. The lowest BCUT2D eigenvalue weighted by Gasteiger charge is -2.38. The lowest BCUT2D eigenvalue weighted by Crippen LogP contribution is -2.54. The third-order valence-electron chi connectivity index (χ3n) is 4.50. The third-order valence-corrected chi connectivity index (χ3v) is 4.50. The predicted octanol–water partition coefficient (Wildman–Crippen LogP) is 1.53. The van der Waals surface area contributed by atoms with Crippen LogP contribution in [0.3, 0.4) is 0 Å². The van der Waals surface area contributed by atoms with Gasteiger partial charge in [0.15, 0.2) is 0 Å². The van der Waals surface area contributed by atoms with Gasteiger partial charge in [-0.2, -0.15) is 0 Å². The molecule has 1 radical (unpaired) electrons. The molecule has 0 unspecified atom stereocenters. The van der Waals surface area contributed by atoms with E-state index in [1.807, 2.05) is 36.1 Å². The molecule has 0 aromatic heterocycles. The van der Waals surface area contributed by atoms with Crippen LogP contribution in [0.2, 0.25) is 0 Å². The summed E-state index contributed by atoms with van der Waals surface area (Å²) in [5.74, 6) is 0.976. The fourth-order valence-corrected chi connectivity index (χ4v) is 2.79. The Morgan fingerprint density at radius 3 is 2.57 bits per heavy atom. The van der Waals surface area contributed by atoms with Crippen molar-refractivity contribution in [1.82, 2.24) is 9.80 Å². The van der Waals surface area contributed by atoms with E-state index in [0.717, 1.165) is 38.3 Å². The third kappa shape index (κ3) is 5.22. The minimum absolute atomic E-state index is 0.0871. The lowest BCUT2D eigenvalue weighted by molar-refractivity contribution is -0.134. The first kappa shape index (κ1) is 17.8. The van der Waals surface area contributed by atoms with Gasteiger partial charge in [-0.1, -0.05) is 19.1 Å². The number of nitrogens with zero attached hydrogens (tertiary/aromatic N) is 2. The highest BCUT2D eigenvalue weighted by Gasteiger charge is 2.26. The molecule has 5 heteroatoms. The van der Waals surface area contributed by atoms with E-state index in [0.29, 0.717) is 19.1 Å². The summed E-state index contributed by atoms with van der Waals surface area (Å²) >= 11 is 0. The number of carbonyl (C=O) groups is 1. The molecule has 1 aliphatic rings. The maximum Gasteiger partial charge on any atom is 0.239 e. The molecule has 1 saturated heterocycles. The lowest BCUT2D eigenvalue weighted by atomic mass is 10.1. The molecule has 1 heterocycles. The van der Waals surface area contributed by atoms with Crippen LogP contribution in [0.4, 0.5) is 0 Å². The first-order valence-electron chi connectivity index (χ1n) is 8.49. The zero-order valence-electron chi connectivity index (χ0n) is 14.2. The summed E-state index contributed by atoms with van der Waals surface area (Å²) in [4.78, 5) is 16.4. The number of benzene rings is 1. The summed E-state index contributed by atoms with van der Waals surface area (Å²) in [6, 6.07) is 10.6. The minimum Gasteiger partial charge on any atom is -0.494 e. The average molecular weight is 318 g/mol. The van der Waals surface area contributed by atoms with Crippen molar-refractivity contribution in [3.05, 3.63) is 30.3 Å². The standard InChI is InChI=1S/C18H28N3O2/c1-3-17(19)18(22)21-12-10-20(11-13-21)15(2)9-14-23-16-7-5-4-6-8-16/h5-8,15,17H,3,9-14,19H2,1-2H3/t15-,17-/m1/s1. The van der Waals surface area contributed by atoms with Crippen LogP contribution in [-0.2, 0) is 4.79 Å². The molecule has 1 aromatic rings. The number of ether oxygens (including phenoxy) is 1. The molecule has 23 heavy (non-hydrogen) atoms. The van der Waals surface area contributed by atoms with Crippen LogP contribution in [-0.4, -0.2) is 60.6 Å². The summed E-state index contributed by atoms with van der Waals surface area (Å²) in [6.45, 7) is 8.22. The Kier molecular flexibility index (Phi) is 6.86. The summed E-state index contributed by atoms with van der Waals surface area (Å²) < 4.78 is 5.75. The molecule has 5 nitrogen and oxygen atoms in total. The fourth-order valence-electron chi connectivity index (χ4n) is 2.79. The van der Waals surface area contributed by atoms with Crippen molar-refractivity contribution in [2.75, 3.05) is 32.8 Å². The van der Waals surface area contributed by atoms with Crippen LogP contribution in [0.5, 0.6) is 5.75 Å². The molecule has 2 rings (SSSR count). The molecule has 1 aliphatic heterocycles. The Labute approximate surface area is 139 Å². The van der Waals surface area contributed by atoms with E-state index in [1.54, 1.807) is 0 Å². The number of rotatable bonds is 7. The van der Waals surface area contributed by atoms with Crippen LogP contribution in [0.25, 0.3) is 0 Å². The van der Waals surface area contributed by atoms with Gasteiger partial charge in [0.25, 0.3) is 0 Å². The van der Waals surface area contributed by atoms with Crippen LogP contribution < -0.4 is 10.5 Å². The van der Waals surface area contributed by atoms with Gasteiger partial charge in [-0.05, 0) is 38.0 Å². The highest BCUT2D eigenvalue weighted by Crippen LogP contribution is 2.13. The van der Waals surface area contributed by atoms with Crippen molar-refractivity contribution in [2.24, 2.45) is 5.73 Å². The van der Waals surface area contributed by atoms with Gasteiger partial charge in [-0.15, -0.1) is 0 Å². The van der Waals surface area contributed by atoms with E-state index in [-0.39, 0.29) is 11.9 Å². The van der Waals surface area contributed by atoms with E-state index >= 15 is 0 Å². The number of nitrogens with two attached hydrogens (primary N) is 1. The van der Waals surface area contributed by atoms with Crippen LogP contribution >= 0.6 is 0 Å². The molecule has 0 aliphatic carbocycles. The molecule has 0 saturated carbocycles. The maximum atomic E-state index is 12.1. The summed E-state index contributed by atoms with van der Waals surface area (Å²) in [7, 11) is 0. The van der Waals surface area contributed by atoms with E-state index in [1.165, 1.54) is 0 Å². The molecule has 1 amide bonds. The van der Waals surface area contributed by atoms with Gasteiger partial charge in [-0.25, -0.2) is 0 Å². The zero-order valence-corrected chi connectivity index (χ0v) is 14.2. The van der Waals surface area contributed by atoms with Crippen molar-refractivity contribution in [2.45, 2.75) is 38.8 Å². The van der Waals surface area contributed by atoms with E-state index in [2.05, 4.69) is 17.9 Å². The largest absolute Gasteiger partial charge is 0.494 e. The second-order valence-corrected chi connectivity index (χ2v) is 6.10. The molecule has 127 valence electrons. The van der Waals surface area contributed by atoms with E-state index < -0.39 is 0 Å². The predicted molar refractivity (Wildman–Crippen MR) is 91.3 cm³/mol. The zero-order chi connectivity index (χ0) is 16.7. The van der Waals surface area contributed by atoms with Crippen molar-refractivity contribution in [3.63, 3.8) is 0 Å². The van der Waals surface area contributed by atoms with Gasteiger partial charge < -0.3 is 15.4 Å². The second kappa shape index (κ2) is 8.89. The van der Waals surface area contributed by atoms with Gasteiger partial charge in [-0.3, -0.25) is 9.69 Å². The van der Waals surface area contributed by atoms with E-state index in [9.17, 15) is 4.79 Å². The normalized spacial score (nSPS) is 18.5. The van der Waals surface area contributed by atoms with Crippen LogP contribution in [0.1, 0.15) is 26.7 Å².